The first-order chi connectivity index (χ1) is 8.17. The van der Waals surface area contributed by atoms with Crippen LogP contribution in [0.4, 0.5) is 0 Å². The minimum atomic E-state index is -0.318. The number of halogens is 1. The molecule has 2 aromatic heterocycles. The van der Waals surface area contributed by atoms with E-state index in [2.05, 4.69) is 15.9 Å². The zero-order chi connectivity index (χ0) is 12.4. The second kappa shape index (κ2) is 4.79. The van der Waals surface area contributed by atoms with Gasteiger partial charge in [-0.1, -0.05) is 0 Å². The summed E-state index contributed by atoms with van der Waals surface area (Å²) in [5, 5.41) is 0. The molecule has 0 atom stereocenters. The van der Waals surface area contributed by atoms with E-state index in [1.54, 1.807) is 26.3 Å². The van der Waals surface area contributed by atoms with Gasteiger partial charge in [-0.3, -0.25) is 0 Å². The number of rotatable bonds is 3. The first-order valence-corrected chi connectivity index (χ1v) is 5.98. The number of esters is 1. The summed E-state index contributed by atoms with van der Waals surface area (Å²) >= 11 is 3.43. The van der Waals surface area contributed by atoms with E-state index in [9.17, 15) is 4.79 Å². The van der Waals surface area contributed by atoms with Gasteiger partial charge in [-0.05, 0) is 41.1 Å². The van der Waals surface area contributed by atoms with Gasteiger partial charge in [-0.2, -0.15) is 0 Å². The van der Waals surface area contributed by atoms with Crippen LogP contribution in [-0.4, -0.2) is 24.1 Å². The van der Waals surface area contributed by atoms with Crippen LogP contribution in [0.3, 0.4) is 0 Å². The van der Waals surface area contributed by atoms with Gasteiger partial charge in [0.05, 0.1) is 19.3 Å². The number of fused-ring (bicyclic) bond motifs is 1. The Balaban J connectivity index is 2.50. The number of methoxy groups -OCH3 is 1. The Hall–Kier alpha value is -1.49. The summed E-state index contributed by atoms with van der Waals surface area (Å²) in [5.74, 6) is 0.394. The van der Waals surface area contributed by atoms with E-state index < -0.39 is 0 Å². The molecular formula is C12H12BrNO3. The SMILES string of the molecule is CCOC(=O)c1cc2ccc(OC)c(Br)n2c1. The van der Waals surface area contributed by atoms with Crippen LogP contribution in [-0.2, 0) is 4.74 Å². The van der Waals surface area contributed by atoms with E-state index in [1.807, 2.05) is 16.5 Å². The molecule has 0 fully saturated rings. The summed E-state index contributed by atoms with van der Waals surface area (Å²) in [6.45, 7) is 2.15. The van der Waals surface area contributed by atoms with E-state index in [0.29, 0.717) is 17.9 Å². The second-order valence-electron chi connectivity index (χ2n) is 3.44. The van der Waals surface area contributed by atoms with Crippen molar-refractivity contribution in [1.29, 1.82) is 0 Å². The van der Waals surface area contributed by atoms with E-state index in [-0.39, 0.29) is 5.97 Å². The lowest BCUT2D eigenvalue weighted by Crippen LogP contribution is -2.02. The third-order valence-corrected chi connectivity index (χ3v) is 3.17. The van der Waals surface area contributed by atoms with Crippen LogP contribution in [0.15, 0.2) is 29.0 Å². The smallest absolute Gasteiger partial charge is 0.339 e. The minimum Gasteiger partial charge on any atom is -0.494 e. The standard InChI is InChI=1S/C12H12BrNO3/c1-3-17-12(15)8-6-9-4-5-10(16-2)11(13)14(9)7-8/h4-7H,3H2,1-2H3. The number of aromatic nitrogens is 1. The normalized spacial score (nSPS) is 10.5. The minimum absolute atomic E-state index is 0.318. The topological polar surface area (TPSA) is 39.9 Å². The third-order valence-electron chi connectivity index (χ3n) is 2.40. The van der Waals surface area contributed by atoms with Crippen LogP contribution >= 0.6 is 15.9 Å². The highest BCUT2D eigenvalue weighted by Crippen LogP contribution is 2.27. The molecule has 17 heavy (non-hydrogen) atoms. The quantitative estimate of drug-likeness (QED) is 0.646. The highest BCUT2D eigenvalue weighted by atomic mass is 79.9. The molecule has 0 aliphatic carbocycles. The maximum absolute atomic E-state index is 11.6. The summed E-state index contributed by atoms with van der Waals surface area (Å²) in [4.78, 5) is 11.6. The Morgan fingerprint density at radius 3 is 2.88 bits per heavy atom. The molecule has 0 aliphatic heterocycles. The number of carbonyl (C=O) groups is 1. The molecule has 0 aromatic carbocycles. The number of carbonyl (C=O) groups excluding carboxylic acids is 1. The second-order valence-corrected chi connectivity index (χ2v) is 4.19. The monoisotopic (exact) mass is 297 g/mol. The largest absolute Gasteiger partial charge is 0.494 e. The van der Waals surface area contributed by atoms with Gasteiger partial charge in [0, 0.05) is 11.7 Å². The Labute approximate surface area is 107 Å². The summed E-state index contributed by atoms with van der Waals surface area (Å²) in [6, 6.07) is 5.50. The molecule has 0 saturated heterocycles. The average Bonchev–Trinajstić information content (AvgIpc) is 2.75. The number of nitrogens with zero attached hydrogens (tertiary/aromatic N) is 1. The van der Waals surface area contributed by atoms with Crippen molar-refractivity contribution in [2.75, 3.05) is 13.7 Å². The first-order valence-electron chi connectivity index (χ1n) is 5.19. The molecule has 0 unspecified atom stereocenters. The van der Waals surface area contributed by atoms with Gasteiger partial charge < -0.3 is 13.9 Å². The van der Waals surface area contributed by atoms with Crippen LogP contribution in [0, 0.1) is 0 Å². The van der Waals surface area contributed by atoms with Crippen molar-refractivity contribution in [3.8, 4) is 5.75 Å². The summed E-state index contributed by atoms with van der Waals surface area (Å²) in [6.07, 6.45) is 1.72. The van der Waals surface area contributed by atoms with Crippen LogP contribution in [0.1, 0.15) is 17.3 Å². The van der Waals surface area contributed by atoms with E-state index in [1.165, 1.54) is 0 Å². The summed E-state index contributed by atoms with van der Waals surface area (Å²) in [5.41, 5.74) is 1.43. The summed E-state index contributed by atoms with van der Waals surface area (Å²) < 4.78 is 12.8. The highest BCUT2D eigenvalue weighted by molar-refractivity contribution is 9.10. The number of ether oxygens (including phenoxy) is 2. The molecule has 4 nitrogen and oxygen atoms in total. The highest BCUT2D eigenvalue weighted by Gasteiger charge is 2.12. The Morgan fingerprint density at radius 2 is 2.24 bits per heavy atom. The fourth-order valence-electron chi connectivity index (χ4n) is 1.61. The van der Waals surface area contributed by atoms with Crippen molar-refractivity contribution in [3.05, 3.63) is 34.6 Å². The van der Waals surface area contributed by atoms with Gasteiger partial charge in [0.25, 0.3) is 0 Å². The van der Waals surface area contributed by atoms with Crippen LogP contribution < -0.4 is 4.74 Å². The Morgan fingerprint density at radius 1 is 1.47 bits per heavy atom. The fourth-order valence-corrected chi connectivity index (χ4v) is 2.21. The molecule has 0 amide bonds. The molecule has 0 aliphatic rings. The van der Waals surface area contributed by atoms with Crippen LogP contribution in [0.2, 0.25) is 0 Å². The van der Waals surface area contributed by atoms with Gasteiger partial charge in [0.2, 0.25) is 0 Å². The fraction of sp³-hybridized carbons (Fsp3) is 0.250. The average molecular weight is 298 g/mol. The lowest BCUT2D eigenvalue weighted by atomic mass is 10.3. The molecule has 0 bridgehead atoms. The molecule has 0 radical (unpaired) electrons. The van der Waals surface area contributed by atoms with Crippen molar-refractivity contribution in [3.63, 3.8) is 0 Å². The van der Waals surface area contributed by atoms with Crippen LogP contribution in [0.5, 0.6) is 5.75 Å². The molecule has 0 spiro atoms. The molecular weight excluding hydrogens is 286 g/mol. The maximum atomic E-state index is 11.6. The van der Waals surface area contributed by atoms with Gasteiger partial charge in [-0.25, -0.2) is 4.79 Å². The third kappa shape index (κ3) is 2.15. The number of hydrogen-bond acceptors (Lipinski definition) is 3. The number of hydrogen-bond donors (Lipinski definition) is 0. The van der Waals surface area contributed by atoms with Crippen LogP contribution in [0.25, 0.3) is 5.52 Å². The molecule has 90 valence electrons. The molecule has 2 rings (SSSR count). The van der Waals surface area contributed by atoms with Gasteiger partial charge in [0.15, 0.2) is 0 Å². The number of pyridine rings is 1. The molecule has 2 heterocycles. The van der Waals surface area contributed by atoms with Crippen molar-refractivity contribution in [1.82, 2.24) is 4.40 Å². The Bertz CT molecular complexity index is 562. The molecule has 0 N–H and O–H groups in total. The lowest BCUT2D eigenvalue weighted by Gasteiger charge is -2.05. The zero-order valence-corrected chi connectivity index (χ0v) is 11.2. The molecule has 2 aromatic rings. The van der Waals surface area contributed by atoms with Crippen molar-refractivity contribution in [2.24, 2.45) is 0 Å². The first kappa shape index (κ1) is 12.0. The van der Waals surface area contributed by atoms with Gasteiger partial charge in [-0.15, -0.1) is 0 Å². The maximum Gasteiger partial charge on any atom is 0.339 e. The van der Waals surface area contributed by atoms with Crippen molar-refractivity contribution < 1.29 is 14.3 Å². The molecule has 5 heteroatoms. The Kier molecular flexibility index (Phi) is 3.38. The van der Waals surface area contributed by atoms with Crippen molar-refractivity contribution >= 4 is 27.4 Å². The van der Waals surface area contributed by atoms with Crippen molar-refractivity contribution in [2.45, 2.75) is 6.92 Å². The summed E-state index contributed by atoms with van der Waals surface area (Å²) in [7, 11) is 1.60. The van der Waals surface area contributed by atoms with E-state index in [0.717, 1.165) is 10.1 Å². The van der Waals surface area contributed by atoms with E-state index in [4.69, 9.17) is 9.47 Å². The molecule has 0 saturated carbocycles. The van der Waals surface area contributed by atoms with Gasteiger partial charge in [0.1, 0.15) is 10.4 Å². The predicted octanol–water partition coefficient (Wildman–Crippen LogP) is 2.89. The zero-order valence-electron chi connectivity index (χ0n) is 9.57. The van der Waals surface area contributed by atoms with E-state index >= 15 is 0 Å². The lowest BCUT2D eigenvalue weighted by molar-refractivity contribution is 0.0526. The van der Waals surface area contributed by atoms with Gasteiger partial charge >= 0.3 is 5.97 Å². The predicted molar refractivity (Wildman–Crippen MR) is 67.6 cm³/mol.